The van der Waals surface area contributed by atoms with Gasteiger partial charge in [-0.3, -0.25) is 14.3 Å². The molecule has 2 aromatic heterocycles. The number of rotatable bonds is 8. The number of aryl methyl sites for hydroxylation is 2. The molecule has 2 rings (SSSR count). The van der Waals surface area contributed by atoms with Crippen LogP contribution >= 0.6 is 0 Å². The van der Waals surface area contributed by atoms with E-state index >= 15 is 0 Å². The molecule has 0 aliphatic carbocycles. The average Bonchev–Trinajstić information content (AvgIpc) is 3.18. The number of nitro groups is 1. The first-order valence-corrected chi connectivity index (χ1v) is 7.70. The van der Waals surface area contributed by atoms with Gasteiger partial charge in [-0.1, -0.05) is 6.92 Å². The molecule has 0 spiro atoms. The molecule has 0 atom stereocenters. The summed E-state index contributed by atoms with van der Waals surface area (Å²) < 4.78 is 2.70. The number of carbonyl (C=O) groups is 2. The zero-order valence-electron chi connectivity index (χ0n) is 13.9. The molecule has 134 valence electrons. The largest absolute Gasteiger partial charge is 0.389 e. The van der Waals surface area contributed by atoms with Gasteiger partial charge in [0.2, 0.25) is 5.91 Å². The number of aromatic nitrogens is 4. The van der Waals surface area contributed by atoms with Crippen LogP contribution in [0.2, 0.25) is 0 Å². The van der Waals surface area contributed by atoms with E-state index in [9.17, 15) is 19.7 Å². The molecule has 0 aliphatic heterocycles. The minimum Gasteiger partial charge on any atom is -0.358 e. The molecule has 0 saturated heterocycles. The fourth-order valence-corrected chi connectivity index (χ4v) is 2.12. The van der Waals surface area contributed by atoms with Gasteiger partial charge in [-0.05, 0) is 11.3 Å². The molecule has 2 heterocycles. The van der Waals surface area contributed by atoms with Crippen LogP contribution < -0.4 is 10.6 Å². The normalized spacial score (nSPS) is 10.5. The Kier molecular flexibility index (Phi) is 5.82. The highest BCUT2D eigenvalue weighted by Gasteiger charge is 2.18. The molecular formula is C14H19N7O4. The monoisotopic (exact) mass is 349 g/mol. The van der Waals surface area contributed by atoms with Gasteiger partial charge in [-0.15, -0.1) is 0 Å². The number of anilines is 1. The molecule has 11 nitrogen and oxygen atoms in total. The minimum absolute atomic E-state index is 0.0454. The zero-order chi connectivity index (χ0) is 18.4. The van der Waals surface area contributed by atoms with E-state index in [2.05, 4.69) is 20.8 Å². The van der Waals surface area contributed by atoms with Crippen LogP contribution in [0, 0.1) is 10.1 Å². The average molecular weight is 349 g/mol. The number of nitrogens with zero attached hydrogens (tertiary/aromatic N) is 5. The second-order valence-corrected chi connectivity index (χ2v) is 5.28. The third-order valence-corrected chi connectivity index (χ3v) is 3.35. The molecule has 0 unspecified atom stereocenters. The van der Waals surface area contributed by atoms with Gasteiger partial charge in [0.1, 0.15) is 5.69 Å². The maximum Gasteiger partial charge on any atom is 0.389 e. The highest BCUT2D eigenvalue weighted by atomic mass is 16.6. The number of hydrogen-bond donors (Lipinski definition) is 2. The molecule has 0 saturated carbocycles. The van der Waals surface area contributed by atoms with Crippen LogP contribution in [0.3, 0.4) is 0 Å². The van der Waals surface area contributed by atoms with E-state index in [4.69, 9.17) is 0 Å². The lowest BCUT2D eigenvalue weighted by atomic mass is 10.3. The van der Waals surface area contributed by atoms with Crippen LogP contribution in [-0.2, 0) is 18.4 Å². The van der Waals surface area contributed by atoms with Crippen LogP contribution in [0.25, 0.3) is 0 Å². The van der Waals surface area contributed by atoms with Crippen LogP contribution in [0.15, 0.2) is 18.5 Å². The van der Waals surface area contributed by atoms with Gasteiger partial charge in [0, 0.05) is 20.0 Å². The molecule has 0 bridgehead atoms. The molecule has 0 radical (unpaired) electrons. The van der Waals surface area contributed by atoms with E-state index < -0.39 is 4.92 Å². The molecule has 11 heteroatoms. The van der Waals surface area contributed by atoms with Crippen molar-refractivity contribution in [2.75, 3.05) is 11.9 Å². The van der Waals surface area contributed by atoms with Crippen molar-refractivity contribution in [1.29, 1.82) is 0 Å². The van der Waals surface area contributed by atoms with Gasteiger partial charge in [0.15, 0.2) is 0 Å². The fraction of sp³-hybridized carbons (Fsp3) is 0.429. The van der Waals surface area contributed by atoms with Gasteiger partial charge in [0.05, 0.1) is 35.8 Å². The van der Waals surface area contributed by atoms with Crippen molar-refractivity contribution in [3.05, 3.63) is 34.3 Å². The molecule has 0 aliphatic rings. The van der Waals surface area contributed by atoms with E-state index in [0.29, 0.717) is 12.2 Å². The Morgan fingerprint density at radius 2 is 2.16 bits per heavy atom. The molecular weight excluding hydrogens is 330 g/mol. The van der Waals surface area contributed by atoms with E-state index in [0.717, 1.165) is 6.42 Å². The van der Waals surface area contributed by atoms with Crippen LogP contribution in [0.1, 0.15) is 30.3 Å². The van der Waals surface area contributed by atoms with Crippen molar-refractivity contribution in [2.24, 2.45) is 7.05 Å². The van der Waals surface area contributed by atoms with Crippen molar-refractivity contribution in [3.8, 4) is 0 Å². The highest BCUT2D eigenvalue weighted by Crippen LogP contribution is 2.14. The molecule has 0 aromatic carbocycles. The molecule has 25 heavy (non-hydrogen) atoms. The smallest absolute Gasteiger partial charge is 0.358 e. The molecule has 2 N–H and O–H groups in total. The predicted molar refractivity (Wildman–Crippen MR) is 88.0 cm³/mol. The van der Waals surface area contributed by atoms with E-state index in [1.54, 1.807) is 7.05 Å². The molecule has 0 fully saturated rings. The SMILES string of the molecule is CCCNC(=O)c1c(NC(=O)CCn2ccc([N+](=O)[O-])n2)cnn1C. The lowest BCUT2D eigenvalue weighted by molar-refractivity contribution is -0.389. The van der Waals surface area contributed by atoms with Gasteiger partial charge in [-0.25, -0.2) is 0 Å². The summed E-state index contributed by atoms with van der Waals surface area (Å²) in [7, 11) is 1.61. The summed E-state index contributed by atoms with van der Waals surface area (Å²) in [6.07, 6.45) is 3.67. The van der Waals surface area contributed by atoms with E-state index in [-0.39, 0.29) is 36.3 Å². The lowest BCUT2D eigenvalue weighted by Gasteiger charge is -2.08. The first kappa shape index (κ1) is 18.1. The van der Waals surface area contributed by atoms with Gasteiger partial charge >= 0.3 is 5.82 Å². The summed E-state index contributed by atoms with van der Waals surface area (Å²) in [6, 6.07) is 1.26. The van der Waals surface area contributed by atoms with Crippen LogP contribution in [-0.4, -0.2) is 42.8 Å². The quantitative estimate of drug-likeness (QED) is 0.531. The maximum absolute atomic E-state index is 12.1. The highest BCUT2D eigenvalue weighted by molar-refractivity contribution is 6.02. The summed E-state index contributed by atoms with van der Waals surface area (Å²) in [5, 5.41) is 23.7. The van der Waals surface area contributed by atoms with E-state index in [1.807, 2.05) is 6.92 Å². The number of carbonyl (C=O) groups excluding carboxylic acids is 2. The van der Waals surface area contributed by atoms with E-state index in [1.165, 1.54) is 27.8 Å². The Morgan fingerprint density at radius 3 is 2.80 bits per heavy atom. The zero-order valence-corrected chi connectivity index (χ0v) is 13.9. The number of hydrogen-bond acceptors (Lipinski definition) is 6. The maximum atomic E-state index is 12.1. The van der Waals surface area contributed by atoms with Crippen molar-refractivity contribution in [1.82, 2.24) is 24.9 Å². The summed E-state index contributed by atoms with van der Waals surface area (Å²) >= 11 is 0. The first-order valence-electron chi connectivity index (χ1n) is 7.70. The second-order valence-electron chi connectivity index (χ2n) is 5.28. The lowest BCUT2D eigenvalue weighted by Crippen LogP contribution is -2.27. The second kappa shape index (κ2) is 8.04. The first-order chi connectivity index (χ1) is 11.9. The molecule has 2 amide bonds. The van der Waals surface area contributed by atoms with Crippen molar-refractivity contribution in [2.45, 2.75) is 26.3 Å². The standard InChI is InChI=1S/C14H19N7O4/c1-3-6-15-14(23)13-10(9-16-19(13)2)17-12(22)5-8-20-7-4-11(18-20)21(24)25/h4,7,9H,3,5-6,8H2,1-2H3,(H,15,23)(H,17,22). The predicted octanol–water partition coefficient (Wildman–Crippen LogP) is 0.693. The number of nitrogens with one attached hydrogen (secondary N) is 2. The van der Waals surface area contributed by atoms with Crippen molar-refractivity contribution < 1.29 is 14.5 Å². The third kappa shape index (κ3) is 4.62. The summed E-state index contributed by atoms with van der Waals surface area (Å²) in [6.45, 7) is 2.64. The Hall–Kier alpha value is -3.24. The molecule has 2 aromatic rings. The van der Waals surface area contributed by atoms with Crippen molar-refractivity contribution in [3.63, 3.8) is 0 Å². The van der Waals surface area contributed by atoms with Crippen molar-refractivity contribution >= 4 is 23.3 Å². The Labute approximate surface area is 143 Å². The Morgan fingerprint density at radius 1 is 1.40 bits per heavy atom. The Balaban J connectivity index is 1.96. The summed E-state index contributed by atoms with van der Waals surface area (Å²) in [4.78, 5) is 34.2. The number of amides is 2. The summed E-state index contributed by atoms with van der Waals surface area (Å²) in [5.41, 5.74) is 0.573. The van der Waals surface area contributed by atoms with Gasteiger partial charge in [-0.2, -0.15) is 9.78 Å². The topological polar surface area (TPSA) is 137 Å². The van der Waals surface area contributed by atoms with Gasteiger partial charge < -0.3 is 20.7 Å². The minimum atomic E-state index is -0.604. The van der Waals surface area contributed by atoms with Gasteiger partial charge in [0.25, 0.3) is 5.91 Å². The summed E-state index contributed by atoms with van der Waals surface area (Å²) in [5.74, 6) is -0.946. The van der Waals surface area contributed by atoms with Crippen LogP contribution in [0.5, 0.6) is 0 Å². The van der Waals surface area contributed by atoms with Crippen LogP contribution in [0.4, 0.5) is 11.5 Å². The fourth-order valence-electron chi connectivity index (χ4n) is 2.12. The Bertz CT molecular complexity index is 780. The third-order valence-electron chi connectivity index (χ3n) is 3.35.